The molecule has 0 N–H and O–H groups in total. The highest BCUT2D eigenvalue weighted by Crippen LogP contribution is 2.13. The molecule has 0 aliphatic heterocycles. The van der Waals surface area contributed by atoms with Crippen LogP contribution < -0.4 is 5.56 Å². The van der Waals surface area contributed by atoms with Gasteiger partial charge in [-0.3, -0.25) is 14.9 Å². The van der Waals surface area contributed by atoms with Crippen molar-refractivity contribution in [3.63, 3.8) is 0 Å². The van der Waals surface area contributed by atoms with Crippen molar-refractivity contribution < 1.29 is 14.5 Å². The van der Waals surface area contributed by atoms with Crippen molar-refractivity contribution in [1.29, 1.82) is 0 Å². The number of methoxy groups -OCH3 is 1. The Kier molecular flexibility index (Phi) is 4.36. The number of esters is 1. The molecule has 0 bridgehead atoms. The Morgan fingerprint density at radius 2 is 2.09 bits per heavy atom. The van der Waals surface area contributed by atoms with Gasteiger partial charge in [0.2, 0.25) is 0 Å². The van der Waals surface area contributed by atoms with Gasteiger partial charge in [0.1, 0.15) is 5.56 Å². The lowest BCUT2D eigenvalue weighted by atomic mass is 10.1. The zero-order valence-corrected chi connectivity index (χ0v) is 12.1. The van der Waals surface area contributed by atoms with Gasteiger partial charge < -0.3 is 9.30 Å². The zero-order chi connectivity index (χ0) is 16.3. The third kappa shape index (κ3) is 3.20. The molecular formula is C15H14N2O5. The first-order valence-electron chi connectivity index (χ1n) is 6.45. The summed E-state index contributed by atoms with van der Waals surface area (Å²) in [6.45, 7) is 2.03. The molecule has 1 aromatic carbocycles. The summed E-state index contributed by atoms with van der Waals surface area (Å²) in [5, 5.41) is 11.0. The van der Waals surface area contributed by atoms with Crippen LogP contribution in [0.5, 0.6) is 0 Å². The highest BCUT2D eigenvalue weighted by atomic mass is 16.6. The first-order chi connectivity index (χ1) is 10.4. The number of aryl methyl sites for hydroxylation is 1. The van der Waals surface area contributed by atoms with Crippen LogP contribution in [0.3, 0.4) is 0 Å². The highest BCUT2D eigenvalue weighted by molar-refractivity contribution is 5.89. The molecule has 0 radical (unpaired) electrons. The van der Waals surface area contributed by atoms with E-state index in [9.17, 15) is 19.7 Å². The van der Waals surface area contributed by atoms with Gasteiger partial charge in [0.15, 0.2) is 0 Å². The lowest BCUT2D eigenvalue weighted by Gasteiger charge is -2.08. The second-order valence-corrected chi connectivity index (χ2v) is 4.78. The van der Waals surface area contributed by atoms with Crippen LogP contribution in [0.1, 0.15) is 21.5 Å². The van der Waals surface area contributed by atoms with Crippen LogP contribution in [0.4, 0.5) is 5.69 Å². The number of pyridine rings is 1. The normalized spacial score (nSPS) is 10.3. The lowest BCUT2D eigenvalue weighted by molar-refractivity contribution is -0.385. The Labute approximate surface area is 125 Å². The third-order valence-electron chi connectivity index (χ3n) is 3.12. The molecular weight excluding hydrogens is 288 g/mol. The Balaban J connectivity index is 2.54. The summed E-state index contributed by atoms with van der Waals surface area (Å²) >= 11 is 0. The van der Waals surface area contributed by atoms with Gasteiger partial charge in [0, 0.05) is 6.07 Å². The fraction of sp³-hybridized carbons (Fsp3) is 0.200. The summed E-state index contributed by atoms with van der Waals surface area (Å²) in [4.78, 5) is 34.2. The molecule has 0 saturated carbocycles. The molecule has 2 rings (SSSR count). The van der Waals surface area contributed by atoms with E-state index in [-0.39, 0.29) is 17.8 Å². The lowest BCUT2D eigenvalue weighted by Crippen LogP contribution is -2.27. The molecule has 114 valence electrons. The number of rotatable bonds is 4. The number of hydrogen-bond donors (Lipinski definition) is 0. The van der Waals surface area contributed by atoms with E-state index < -0.39 is 16.5 Å². The first-order valence-corrected chi connectivity index (χ1v) is 6.45. The largest absolute Gasteiger partial charge is 0.465 e. The minimum atomic E-state index is -0.897. The van der Waals surface area contributed by atoms with Gasteiger partial charge in [0.25, 0.3) is 11.2 Å². The molecule has 0 spiro atoms. The van der Waals surface area contributed by atoms with E-state index in [1.807, 2.05) is 25.1 Å². The molecule has 0 aliphatic carbocycles. The number of nitrogens with zero attached hydrogens (tertiary/aromatic N) is 2. The van der Waals surface area contributed by atoms with Gasteiger partial charge >= 0.3 is 5.97 Å². The minimum Gasteiger partial charge on any atom is -0.465 e. The fourth-order valence-electron chi connectivity index (χ4n) is 2.10. The summed E-state index contributed by atoms with van der Waals surface area (Å²) in [5.74, 6) is -0.897. The molecule has 22 heavy (non-hydrogen) atoms. The number of benzene rings is 1. The van der Waals surface area contributed by atoms with Gasteiger partial charge in [0.05, 0.1) is 24.8 Å². The fourth-order valence-corrected chi connectivity index (χ4v) is 2.10. The number of hydrogen-bond acceptors (Lipinski definition) is 5. The summed E-state index contributed by atoms with van der Waals surface area (Å²) in [6.07, 6.45) is 1.12. The maximum Gasteiger partial charge on any atom is 0.343 e. The number of carbonyl (C=O) groups is 1. The van der Waals surface area contributed by atoms with Crippen molar-refractivity contribution in [2.75, 3.05) is 7.11 Å². The Morgan fingerprint density at radius 1 is 1.36 bits per heavy atom. The Hall–Kier alpha value is -2.96. The number of aromatic nitrogens is 1. The molecule has 0 fully saturated rings. The summed E-state index contributed by atoms with van der Waals surface area (Å²) < 4.78 is 5.64. The molecule has 0 saturated heterocycles. The van der Waals surface area contributed by atoms with Crippen molar-refractivity contribution in [3.05, 3.63) is 73.7 Å². The second-order valence-electron chi connectivity index (χ2n) is 4.78. The highest BCUT2D eigenvalue weighted by Gasteiger charge is 2.19. The molecule has 0 aliphatic rings. The van der Waals surface area contributed by atoms with E-state index in [0.717, 1.165) is 35.1 Å². The maximum absolute atomic E-state index is 12.3. The van der Waals surface area contributed by atoms with E-state index in [2.05, 4.69) is 4.74 Å². The van der Waals surface area contributed by atoms with Gasteiger partial charge in [-0.25, -0.2) is 4.79 Å². The standard InChI is InChI=1S/C15H14N2O5/c1-10-4-3-5-11(6-10)8-16-9-12(17(20)21)7-13(14(16)18)15(19)22-2/h3-7,9H,8H2,1-2H3. The SMILES string of the molecule is COC(=O)c1cc([N+](=O)[O-])cn(Cc2cccc(C)c2)c1=O. The minimum absolute atomic E-state index is 0.131. The predicted molar refractivity (Wildman–Crippen MR) is 79.0 cm³/mol. The molecule has 7 nitrogen and oxygen atoms in total. The topological polar surface area (TPSA) is 91.4 Å². The smallest absolute Gasteiger partial charge is 0.343 e. The van der Waals surface area contributed by atoms with Crippen molar-refractivity contribution in [2.24, 2.45) is 0 Å². The predicted octanol–water partition coefficient (Wildman–Crippen LogP) is 1.90. The monoisotopic (exact) mass is 302 g/mol. The molecule has 0 atom stereocenters. The molecule has 1 heterocycles. The van der Waals surface area contributed by atoms with Crippen molar-refractivity contribution in [3.8, 4) is 0 Å². The quantitative estimate of drug-likeness (QED) is 0.488. The number of ether oxygens (including phenoxy) is 1. The van der Waals surface area contributed by atoms with E-state index in [1.165, 1.54) is 0 Å². The summed E-state index contributed by atoms with van der Waals surface area (Å²) in [5.41, 5.74) is 0.485. The van der Waals surface area contributed by atoms with Gasteiger partial charge in [-0.15, -0.1) is 0 Å². The summed E-state index contributed by atoms with van der Waals surface area (Å²) in [7, 11) is 1.12. The van der Waals surface area contributed by atoms with Crippen LogP contribution in [0.25, 0.3) is 0 Å². The average Bonchev–Trinajstić information content (AvgIpc) is 2.48. The van der Waals surface area contributed by atoms with Crippen molar-refractivity contribution in [2.45, 2.75) is 13.5 Å². The number of nitro groups is 1. The van der Waals surface area contributed by atoms with Crippen LogP contribution in [0.2, 0.25) is 0 Å². The van der Waals surface area contributed by atoms with Crippen LogP contribution in [-0.4, -0.2) is 22.6 Å². The molecule has 0 unspecified atom stereocenters. The van der Waals surface area contributed by atoms with E-state index in [0.29, 0.717) is 0 Å². The van der Waals surface area contributed by atoms with Gasteiger partial charge in [-0.2, -0.15) is 0 Å². The van der Waals surface area contributed by atoms with E-state index >= 15 is 0 Å². The van der Waals surface area contributed by atoms with Crippen LogP contribution in [-0.2, 0) is 11.3 Å². The van der Waals surface area contributed by atoms with E-state index in [1.54, 1.807) is 6.07 Å². The van der Waals surface area contributed by atoms with Crippen LogP contribution >= 0.6 is 0 Å². The van der Waals surface area contributed by atoms with Crippen molar-refractivity contribution >= 4 is 11.7 Å². The Bertz CT molecular complexity index is 795. The van der Waals surface area contributed by atoms with Gasteiger partial charge in [-0.1, -0.05) is 29.8 Å². The maximum atomic E-state index is 12.3. The van der Waals surface area contributed by atoms with Crippen LogP contribution in [0.15, 0.2) is 41.3 Å². The molecule has 0 amide bonds. The molecule has 2 aromatic rings. The average molecular weight is 302 g/mol. The van der Waals surface area contributed by atoms with Crippen molar-refractivity contribution in [1.82, 2.24) is 4.57 Å². The zero-order valence-electron chi connectivity index (χ0n) is 12.1. The number of carbonyl (C=O) groups excluding carboxylic acids is 1. The van der Waals surface area contributed by atoms with Gasteiger partial charge in [-0.05, 0) is 12.5 Å². The van der Waals surface area contributed by atoms with Crippen LogP contribution in [0, 0.1) is 17.0 Å². The molecule has 7 heteroatoms. The first kappa shape index (κ1) is 15.4. The summed E-state index contributed by atoms with van der Waals surface area (Å²) in [6, 6.07) is 8.33. The Morgan fingerprint density at radius 3 is 2.68 bits per heavy atom. The molecule has 1 aromatic heterocycles. The van der Waals surface area contributed by atoms with E-state index in [4.69, 9.17) is 0 Å². The second kappa shape index (κ2) is 6.21. The third-order valence-corrected chi connectivity index (χ3v) is 3.12.